The number of nitrogens with zero attached hydrogens (tertiary/aromatic N) is 1. The van der Waals surface area contributed by atoms with Crippen LogP contribution in [0.1, 0.15) is 77.9 Å². The molecule has 36 heavy (non-hydrogen) atoms. The molecule has 0 aliphatic carbocycles. The minimum absolute atomic E-state index is 0.0831. The Labute approximate surface area is 219 Å². The third-order valence-electron chi connectivity index (χ3n) is 7.31. The fourth-order valence-corrected chi connectivity index (χ4v) is 5.27. The van der Waals surface area contributed by atoms with Crippen molar-refractivity contribution in [1.29, 1.82) is 0 Å². The van der Waals surface area contributed by atoms with Crippen LogP contribution in [0.2, 0.25) is 0 Å². The van der Waals surface area contributed by atoms with Crippen LogP contribution in [-0.4, -0.2) is 58.5 Å². The molecule has 0 aromatic carbocycles. The van der Waals surface area contributed by atoms with Gasteiger partial charge in [-0.1, -0.05) is 39.3 Å². The lowest BCUT2D eigenvalue weighted by atomic mass is 9.73. The van der Waals surface area contributed by atoms with E-state index >= 15 is 0 Å². The van der Waals surface area contributed by atoms with Crippen LogP contribution >= 0.6 is 11.3 Å². The van der Waals surface area contributed by atoms with E-state index in [0.29, 0.717) is 0 Å². The normalized spacial score (nSPS) is 31.6. The second-order valence-corrected chi connectivity index (χ2v) is 11.8. The van der Waals surface area contributed by atoms with Crippen molar-refractivity contribution >= 4 is 29.2 Å². The van der Waals surface area contributed by atoms with Gasteiger partial charge in [0.15, 0.2) is 6.10 Å². The summed E-state index contributed by atoms with van der Waals surface area (Å²) in [5.74, 6) is -1.65. The Kier molecular flexibility index (Phi) is 11.0. The second kappa shape index (κ2) is 13.1. The van der Waals surface area contributed by atoms with E-state index in [4.69, 9.17) is 9.47 Å². The molecule has 8 heteroatoms. The molecule has 1 aromatic heterocycles. The Hall–Kier alpha value is -1.87. The van der Waals surface area contributed by atoms with Crippen LogP contribution in [0.3, 0.4) is 0 Å². The molecule has 2 rings (SSSR count). The highest BCUT2D eigenvalue weighted by Crippen LogP contribution is 2.32. The highest BCUT2D eigenvalue weighted by atomic mass is 32.1. The maximum Gasteiger partial charge on any atom is 0.309 e. The molecule has 2 heterocycles. The molecule has 1 unspecified atom stereocenters. The minimum atomic E-state index is -1.26. The van der Waals surface area contributed by atoms with Gasteiger partial charge in [-0.15, -0.1) is 11.3 Å². The van der Waals surface area contributed by atoms with Gasteiger partial charge >= 0.3 is 5.97 Å². The fourth-order valence-electron chi connectivity index (χ4n) is 4.70. The summed E-state index contributed by atoms with van der Waals surface area (Å²) in [6.45, 7) is 12.7. The molecular formula is C28H43NO6S. The molecule has 0 saturated carbocycles. The number of allylic oxidation sites excluding steroid dienone is 1. The number of hydrogen-bond donors (Lipinski definition) is 2. The summed E-state index contributed by atoms with van der Waals surface area (Å²) in [5, 5.41) is 24.6. The molecule has 2 N–H and O–H groups in total. The zero-order valence-corrected chi connectivity index (χ0v) is 23.7. The molecule has 0 radical (unpaired) electrons. The molecule has 6 atom stereocenters. The number of cyclic esters (lactones) is 1. The fraction of sp³-hybridized carbons (Fsp3) is 0.679. The standard InChI is InChI=1S/C28H43NO6S/c1-16-10-9-11-17(2)25(32)19(4)27(33)28(6,7)23(30)14-24(31)35-26(22(12-16)34-8)18(3)13-21-15-36-20(5)29-21/h12-13,15,17,19,22-23,25-26,30,32H,9-11,14H2,1-8H3/t17-,19+,22?,23-,25-,26+/m0/s1. The SMILES string of the molecule is COC1C=C(C)CCC[C@H](C)[C@H](O)[C@@H](C)C(=O)C(C)(C)[C@@H](O)CC(=O)O[C@@H]1C(C)=Cc1csc(C)n1. The predicted molar refractivity (Wildman–Crippen MR) is 143 cm³/mol. The number of ether oxygens (including phenoxy) is 2. The summed E-state index contributed by atoms with van der Waals surface area (Å²) in [6.07, 6.45) is 2.53. The Bertz CT molecular complexity index is 965. The van der Waals surface area contributed by atoms with E-state index in [1.807, 2.05) is 45.2 Å². The van der Waals surface area contributed by atoms with Gasteiger partial charge in [-0.2, -0.15) is 0 Å². The quantitative estimate of drug-likeness (QED) is 0.431. The first-order chi connectivity index (χ1) is 16.8. The number of thiazole rings is 1. The first-order valence-electron chi connectivity index (χ1n) is 12.7. The van der Waals surface area contributed by atoms with Gasteiger partial charge in [-0.05, 0) is 57.6 Å². The number of carbonyl (C=O) groups is 2. The second-order valence-electron chi connectivity index (χ2n) is 10.8. The van der Waals surface area contributed by atoms with Gasteiger partial charge in [0.2, 0.25) is 0 Å². The maximum atomic E-state index is 13.2. The van der Waals surface area contributed by atoms with Crippen molar-refractivity contribution in [2.24, 2.45) is 17.3 Å². The molecule has 0 fully saturated rings. The van der Waals surface area contributed by atoms with E-state index in [1.165, 1.54) is 11.3 Å². The van der Waals surface area contributed by atoms with E-state index in [-0.39, 0.29) is 18.1 Å². The molecule has 0 saturated heterocycles. The monoisotopic (exact) mass is 521 g/mol. The average molecular weight is 522 g/mol. The summed E-state index contributed by atoms with van der Waals surface area (Å²) < 4.78 is 11.6. The summed E-state index contributed by atoms with van der Waals surface area (Å²) in [7, 11) is 1.57. The number of methoxy groups -OCH3 is 1. The molecule has 1 aliphatic heterocycles. The van der Waals surface area contributed by atoms with E-state index in [1.54, 1.807) is 27.9 Å². The first kappa shape index (κ1) is 30.4. The molecule has 0 spiro atoms. The van der Waals surface area contributed by atoms with Crippen molar-refractivity contribution in [3.63, 3.8) is 0 Å². The van der Waals surface area contributed by atoms with Crippen LogP contribution in [0.5, 0.6) is 0 Å². The summed E-state index contributed by atoms with van der Waals surface area (Å²) in [4.78, 5) is 30.8. The number of aryl methyl sites for hydroxylation is 1. The summed E-state index contributed by atoms with van der Waals surface area (Å²) >= 11 is 1.54. The molecule has 202 valence electrons. The van der Waals surface area contributed by atoms with Crippen LogP contribution in [0.15, 0.2) is 22.6 Å². The van der Waals surface area contributed by atoms with Crippen LogP contribution in [0.4, 0.5) is 0 Å². The van der Waals surface area contributed by atoms with Crippen molar-refractivity contribution in [2.45, 2.75) is 98.6 Å². The van der Waals surface area contributed by atoms with Crippen LogP contribution in [-0.2, 0) is 19.1 Å². The van der Waals surface area contributed by atoms with Gasteiger partial charge in [0.25, 0.3) is 0 Å². The third kappa shape index (κ3) is 7.81. The van der Waals surface area contributed by atoms with Crippen molar-refractivity contribution < 1.29 is 29.3 Å². The zero-order chi connectivity index (χ0) is 27.2. The Morgan fingerprint density at radius 1 is 1.25 bits per heavy atom. The van der Waals surface area contributed by atoms with Crippen LogP contribution < -0.4 is 0 Å². The maximum absolute atomic E-state index is 13.2. The van der Waals surface area contributed by atoms with Crippen molar-refractivity contribution in [2.75, 3.05) is 7.11 Å². The van der Waals surface area contributed by atoms with Crippen molar-refractivity contribution in [3.8, 4) is 0 Å². The van der Waals surface area contributed by atoms with Gasteiger partial charge < -0.3 is 19.7 Å². The smallest absolute Gasteiger partial charge is 0.309 e. The highest BCUT2D eigenvalue weighted by Gasteiger charge is 2.42. The Balaban J connectivity index is 2.45. The number of ketones is 1. The summed E-state index contributed by atoms with van der Waals surface area (Å²) in [6, 6.07) is 0. The zero-order valence-electron chi connectivity index (χ0n) is 22.9. The number of rotatable bonds is 3. The lowest BCUT2D eigenvalue weighted by molar-refractivity contribution is -0.157. The lowest BCUT2D eigenvalue weighted by Crippen LogP contribution is -2.46. The van der Waals surface area contributed by atoms with Gasteiger partial charge in [-0.25, -0.2) is 4.98 Å². The van der Waals surface area contributed by atoms with Crippen LogP contribution in [0.25, 0.3) is 6.08 Å². The number of hydrogen-bond acceptors (Lipinski definition) is 8. The largest absolute Gasteiger partial charge is 0.455 e. The van der Waals surface area contributed by atoms with Gasteiger partial charge in [-0.3, -0.25) is 9.59 Å². The van der Waals surface area contributed by atoms with Crippen molar-refractivity contribution in [3.05, 3.63) is 33.3 Å². The topological polar surface area (TPSA) is 106 Å². The molecule has 1 aromatic rings. The number of carbonyl (C=O) groups excluding carboxylic acids is 2. The van der Waals surface area contributed by atoms with Gasteiger partial charge in [0.05, 0.1) is 34.7 Å². The molecule has 0 amide bonds. The van der Waals surface area contributed by atoms with Crippen molar-refractivity contribution in [1.82, 2.24) is 4.98 Å². The predicted octanol–water partition coefficient (Wildman–Crippen LogP) is 4.89. The van der Waals surface area contributed by atoms with E-state index in [0.717, 1.165) is 41.1 Å². The van der Waals surface area contributed by atoms with E-state index in [9.17, 15) is 19.8 Å². The Morgan fingerprint density at radius 2 is 1.92 bits per heavy atom. The number of aromatic nitrogens is 1. The van der Waals surface area contributed by atoms with E-state index < -0.39 is 41.7 Å². The summed E-state index contributed by atoms with van der Waals surface area (Å²) in [5.41, 5.74) is 1.40. The van der Waals surface area contributed by atoms with E-state index in [2.05, 4.69) is 4.98 Å². The number of Topliss-reactive ketones (excluding diaryl/α,β-unsaturated/α-hetero) is 1. The molecule has 1 aliphatic rings. The van der Waals surface area contributed by atoms with Gasteiger partial charge in [0, 0.05) is 18.4 Å². The lowest BCUT2D eigenvalue weighted by Gasteiger charge is -2.34. The number of aliphatic hydroxyl groups is 2. The third-order valence-corrected chi connectivity index (χ3v) is 8.10. The Morgan fingerprint density at radius 3 is 2.50 bits per heavy atom. The first-order valence-corrected chi connectivity index (χ1v) is 13.6. The number of aliphatic hydroxyl groups excluding tert-OH is 2. The molecule has 0 bridgehead atoms. The van der Waals surface area contributed by atoms with Gasteiger partial charge in [0.1, 0.15) is 11.9 Å². The molecule has 7 nitrogen and oxygen atoms in total. The van der Waals surface area contributed by atoms with Crippen LogP contribution in [0, 0.1) is 24.2 Å². The average Bonchev–Trinajstić information content (AvgIpc) is 3.22. The molecular weight excluding hydrogens is 478 g/mol. The minimum Gasteiger partial charge on any atom is -0.455 e. The highest BCUT2D eigenvalue weighted by molar-refractivity contribution is 7.09. The number of esters is 1.